The third kappa shape index (κ3) is 2.06. The number of rotatable bonds is 3. The minimum Gasteiger partial charge on any atom is -0.433 e. The zero-order chi connectivity index (χ0) is 10.1. The molecular formula is C9H15NO2S. The van der Waals surface area contributed by atoms with E-state index < -0.39 is 5.60 Å². The van der Waals surface area contributed by atoms with E-state index in [2.05, 4.69) is 4.98 Å². The molecule has 0 aliphatic heterocycles. The van der Waals surface area contributed by atoms with Crippen molar-refractivity contribution in [3.8, 4) is 0 Å². The Morgan fingerprint density at radius 3 is 2.62 bits per heavy atom. The third-order valence-electron chi connectivity index (χ3n) is 2.28. The van der Waals surface area contributed by atoms with E-state index in [1.165, 1.54) is 11.8 Å². The van der Waals surface area contributed by atoms with Gasteiger partial charge in [0.1, 0.15) is 5.60 Å². The molecule has 3 nitrogen and oxygen atoms in total. The van der Waals surface area contributed by atoms with Crippen molar-refractivity contribution in [2.75, 3.05) is 6.26 Å². The first-order valence-corrected chi connectivity index (χ1v) is 5.43. The molecule has 4 heteroatoms. The van der Waals surface area contributed by atoms with Gasteiger partial charge < -0.3 is 9.52 Å². The average molecular weight is 201 g/mol. The number of nitrogens with zero attached hydrogens (tertiary/aromatic N) is 1. The van der Waals surface area contributed by atoms with Crippen LogP contribution in [0, 0.1) is 5.92 Å². The number of thioether (sulfide) groups is 1. The lowest BCUT2D eigenvalue weighted by molar-refractivity contribution is -0.0138. The Morgan fingerprint density at radius 1 is 1.62 bits per heavy atom. The zero-order valence-electron chi connectivity index (χ0n) is 8.37. The number of oxazole rings is 1. The first-order chi connectivity index (χ1) is 5.98. The summed E-state index contributed by atoms with van der Waals surface area (Å²) in [6.45, 7) is 5.63. The van der Waals surface area contributed by atoms with Gasteiger partial charge >= 0.3 is 0 Å². The Bertz CT molecular complexity index is 281. The van der Waals surface area contributed by atoms with E-state index in [4.69, 9.17) is 4.42 Å². The fraction of sp³-hybridized carbons (Fsp3) is 0.667. The molecule has 1 unspecified atom stereocenters. The van der Waals surface area contributed by atoms with Gasteiger partial charge in [0.2, 0.25) is 0 Å². The van der Waals surface area contributed by atoms with E-state index in [1.54, 1.807) is 13.1 Å². The summed E-state index contributed by atoms with van der Waals surface area (Å²) >= 11 is 1.43. The van der Waals surface area contributed by atoms with Crippen LogP contribution < -0.4 is 0 Å². The van der Waals surface area contributed by atoms with Crippen molar-refractivity contribution in [2.24, 2.45) is 5.92 Å². The second-order valence-electron chi connectivity index (χ2n) is 3.50. The fourth-order valence-electron chi connectivity index (χ4n) is 0.871. The maximum atomic E-state index is 10.0. The lowest BCUT2D eigenvalue weighted by Crippen LogP contribution is -2.27. The van der Waals surface area contributed by atoms with Crippen LogP contribution in [0.2, 0.25) is 0 Å². The summed E-state index contributed by atoms with van der Waals surface area (Å²) < 4.78 is 5.36. The molecule has 1 aromatic rings. The van der Waals surface area contributed by atoms with Crippen LogP contribution in [0.4, 0.5) is 0 Å². The van der Waals surface area contributed by atoms with Crippen molar-refractivity contribution in [3.05, 3.63) is 12.0 Å². The molecule has 1 aromatic heterocycles. The van der Waals surface area contributed by atoms with Crippen LogP contribution in [0.1, 0.15) is 26.5 Å². The fourth-order valence-corrected chi connectivity index (χ4v) is 1.20. The van der Waals surface area contributed by atoms with E-state index in [-0.39, 0.29) is 5.92 Å². The first kappa shape index (κ1) is 10.6. The van der Waals surface area contributed by atoms with E-state index in [1.807, 2.05) is 20.1 Å². The largest absolute Gasteiger partial charge is 0.433 e. The summed E-state index contributed by atoms with van der Waals surface area (Å²) in [6, 6.07) is 0. The number of aliphatic hydroxyl groups is 1. The number of hydrogen-bond donors (Lipinski definition) is 1. The molecule has 0 radical (unpaired) electrons. The molecule has 0 aliphatic carbocycles. The summed E-state index contributed by atoms with van der Waals surface area (Å²) in [7, 11) is 0. The van der Waals surface area contributed by atoms with Gasteiger partial charge in [-0.3, -0.25) is 0 Å². The zero-order valence-corrected chi connectivity index (χ0v) is 9.18. The Morgan fingerprint density at radius 2 is 2.23 bits per heavy atom. The lowest BCUT2D eigenvalue weighted by atomic mass is 9.91. The van der Waals surface area contributed by atoms with Crippen molar-refractivity contribution in [1.29, 1.82) is 0 Å². The molecule has 1 N–H and O–H groups in total. The molecule has 74 valence electrons. The topological polar surface area (TPSA) is 46.3 Å². The van der Waals surface area contributed by atoms with Crippen molar-refractivity contribution in [3.63, 3.8) is 0 Å². The van der Waals surface area contributed by atoms with Crippen LogP contribution in [-0.2, 0) is 5.60 Å². The van der Waals surface area contributed by atoms with Crippen molar-refractivity contribution in [1.82, 2.24) is 4.98 Å². The predicted molar refractivity (Wildman–Crippen MR) is 52.7 cm³/mol. The standard InChI is InChI=1S/C9H15NO2S/c1-6(2)9(3,11)7-5-10-8(12-7)13-4/h5-6,11H,1-4H3. The second-order valence-corrected chi connectivity index (χ2v) is 4.25. The molecule has 13 heavy (non-hydrogen) atoms. The van der Waals surface area contributed by atoms with Crippen LogP contribution in [0.3, 0.4) is 0 Å². The lowest BCUT2D eigenvalue weighted by Gasteiger charge is -2.24. The van der Waals surface area contributed by atoms with E-state index >= 15 is 0 Å². The summed E-state index contributed by atoms with van der Waals surface area (Å²) in [5.41, 5.74) is -0.930. The van der Waals surface area contributed by atoms with Gasteiger partial charge in [-0.1, -0.05) is 25.6 Å². The summed E-state index contributed by atoms with van der Waals surface area (Å²) in [5.74, 6) is 0.641. The third-order valence-corrected chi connectivity index (χ3v) is 2.82. The highest BCUT2D eigenvalue weighted by molar-refractivity contribution is 7.98. The Labute approximate surface area is 82.6 Å². The molecule has 1 heterocycles. The minimum absolute atomic E-state index is 0.107. The molecule has 1 rings (SSSR count). The second kappa shape index (κ2) is 3.72. The Hall–Kier alpha value is -0.480. The van der Waals surface area contributed by atoms with Gasteiger partial charge in [-0.15, -0.1) is 0 Å². The highest BCUT2D eigenvalue weighted by Gasteiger charge is 2.31. The maximum absolute atomic E-state index is 10.0. The number of aromatic nitrogens is 1. The molecule has 0 aromatic carbocycles. The normalized spacial score (nSPS) is 16.2. The maximum Gasteiger partial charge on any atom is 0.255 e. The van der Waals surface area contributed by atoms with Crippen LogP contribution in [0.15, 0.2) is 15.8 Å². The molecular weight excluding hydrogens is 186 g/mol. The van der Waals surface area contributed by atoms with E-state index in [0.29, 0.717) is 11.0 Å². The highest BCUT2D eigenvalue weighted by atomic mass is 32.2. The van der Waals surface area contributed by atoms with E-state index in [0.717, 1.165) is 0 Å². The Balaban J connectivity index is 2.93. The smallest absolute Gasteiger partial charge is 0.255 e. The SMILES string of the molecule is CSc1ncc(C(C)(O)C(C)C)o1. The Kier molecular flexibility index (Phi) is 3.03. The van der Waals surface area contributed by atoms with Crippen LogP contribution in [-0.4, -0.2) is 16.3 Å². The van der Waals surface area contributed by atoms with Crippen molar-refractivity contribution < 1.29 is 9.52 Å². The molecule has 0 amide bonds. The van der Waals surface area contributed by atoms with Gasteiger partial charge in [0.25, 0.3) is 5.22 Å². The number of hydrogen-bond acceptors (Lipinski definition) is 4. The van der Waals surface area contributed by atoms with Gasteiger partial charge in [-0.2, -0.15) is 0 Å². The van der Waals surface area contributed by atoms with Gasteiger partial charge in [0, 0.05) is 0 Å². The first-order valence-electron chi connectivity index (χ1n) is 4.21. The van der Waals surface area contributed by atoms with Gasteiger partial charge in [-0.25, -0.2) is 4.98 Å². The predicted octanol–water partition coefficient (Wildman–Crippen LogP) is 2.26. The van der Waals surface area contributed by atoms with Gasteiger partial charge in [-0.05, 0) is 19.1 Å². The summed E-state index contributed by atoms with van der Waals surface area (Å²) in [5, 5.41) is 10.6. The van der Waals surface area contributed by atoms with E-state index in [9.17, 15) is 5.11 Å². The van der Waals surface area contributed by atoms with Crippen LogP contribution in [0.25, 0.3) is 0 Å². The molecule has 0 fully saturated rings. The summed E-state index contributed by atoms with van der Waals surface area (Å²) in [4.78, 5) is 4.02. The van der Waals surface area contributed by atoms with Gasteiger partial charge in [0.05, 0.1) is 6.20 Å². The molecule has 0 aliphatic rings. The minimum atomic E-state index is -0.930. The van der Waals surface area contributed by atoms with Crippen molar-refractivity contribution >= 4 is 11.8 Å². The van der Waals surface area contributed by atoms with Crippen LogP contribution in [0.5, 0.6) is 0 Å². The molecule has 0 spiro atoms. The van der Waals surface area contributed by atoms with Crippen molar-refractivity contribution in [2.45, 2.75) is 31.6 Å². The van der Waals surface area contributed by atoms with Gasteiger partial charge in [0.15, 0.2) is 5.76 Å². The van der Waals surface area contributed by atoms with Crippen LogP contribution >= 0.6 is 11.8 Å². The molecule has 0 bridgehead atoms. The molecule has 1 atom stereocenters. The molecule has 0 saturated carbocycles. The molecule has 0 saturated heterocycles. The highest BCUT2D eigenvalue weighted by Crippen LogP contribution is 2.30. The summed E-state index contributed by atoms with van der Waals surface area (Å²) in [6.07, 6.45) is 3.48. The average Bonchev–Trinajstić information content (AvgIpc) is 2.51. The quantitative estimate of drug-likeness (QED) is 0.762. The monoisotopic (exact) mass is 201 g/mol.